The maximum Gasteiger partial charge on any atom is 0.133 e. The summed E-state index contributed by atoms with van der Waals surface area (Å²) in [4.78, 5) is 12.2. The van der Waals surface area contributed by atoms with Gasteiger partial charge in [-0.1, -0.05) is 31.9 Å². The lowest BCUT2D eigenvalue weighted by Gasteiger charge is -2.59. The quantitative estimate of drug-likeness (QED) is 0.568. The molecule has 2 nitrogen and oxygen atoms in total. The van der Waals surface area contributed by atoms with Crippen molar-refractivity contribution < 1.29 is 9.90 Å². The Kier molecular flexibility index (Phi) is 3.79. The molecule has 8 atom stereocenters. The molecule has 3 saturated carbocycles. The van der Waals surface area contributed by atoms with Crippen molar-refractivity contribution in [3.8, 4) is 12.3 Å². The van der Waals surface area contributed by atoms with E-state index in [0.29, 0.717) is 29.5 Å². The van der Waals surface area contributed by atoms with Gasteiger partial charge in [-0.15, -0.1) is 6.42 Å². The van der Waals surface area contributed by atoms with Crippen LogP contribution in [0.4, 0.5) is 0 Å². The van der Waals surface area contributed by atoms with Gasteiger partial charge >= 0.3 is 0 Å². The van der Waals surface area contributed by atoms with E-state index in [1.165, 1.54) is 19.3 Å². The second kappa shape index (κ2) is 5.46. The predicted molar refractivity (Wildman–Crippen MR) is 99.6 cm³/mol. The summed E-state index contributed by atoms with van der Waals surface area (Å²) >= 11 is 0. The van der Waals surface area contributed by atoms with Crippen molar-refractivity contribution in [3.05, 3.63) is 12.2 Å². The number of aliphatic hydroxyl groups is 1. The number of carbonyl (C=O) groups is 1. The first-order chi connectivity index (χ1) is 11.7. The molecule has 3 fully saturated rings. The molecular formula is C23H32O2. The number of fused-ring (bicyclic) bond motifs is 5. The van der Waals surface area contributed by atoms with Crippen LogP contribution in [0.15, 0.2) is 12.2 Å². The van der Waals surface area contributed by atoms with Crippen molar-refractivity contribution in [3.63, 3.8) is 0 Å². The molecule has 0 saturated heterocycles. The second-order valence-electron chi connectivity index (χ2n) is 9.92. The summed E-state index contributed by atoms with van der Waals surface area (Å²) in [5.74, 6) is 5.67. The summed E-state index contributed by atoms with van der Waals surface area (Å²) < 4.78 is 0. The molecule has 0 aromatic heterocycles. The van der Waals surface area contributed by atoms with Crippen LogP contribution < -0.4 is 0 Å². The summed E-state index contributed by atoms with van der Waals surface area (Å²) in [7, 11) is 0. The van der Waals surface area contributed by atoms with Crippen molar-refractivity contribution in [2.75, 3.05) is 0 Å². The highest BCUT2D eigenvalue weighted by Gasteiger charge is 2.60. The lowest BCUT2D eigenvalue weighted by atomic mass is 9.46. The largest absolute Gasteiger partial charge is 0.378 e. The Morgan fingerprint density at radius 1 is 1.20 bits per heavy atom. The molecular weight excluding hydrogens is 308 g/mol. The van der Waals surface area contributed by atoms with Gasteiger partial charge in [-0.25, -0.2) is 0 Å². The van der Waals surface area contributed by atoms with Gasteiger partial charge in [0.05, 0.1) is 0 Å². The first-order valence-electron chi connectivity index (χ1n) is 10.1. The van der Waals surface area contributed by atoms with E-state index >= 15 is 0 Å². The molecule has 4 aliphatic carbocycles. The molecule has 0 heterocycles. The maximum absolute atomic E-state index is 12.2. The molecule has 0 bridgehead atoms. The number of ketones is 1. The first kappa shape index (κ1) is 17.3. The molecule has 0 aromatic carbocycles. The Morgan fingerprint density at radius 3 is 2.64 bits per heavy atom. The van der Waals surface area contributed by atoms with Gasteiger partial charge in [0.2, 0.25) is 0 Å². The summed E-state index contributed by atoms with van der Waals surface area (Å²) in [6, 6.07) is 0. The average molecular weight is 341 g/mol. The third kappa shape index (κ3) is 2.31. The topological polar surface area (TPSA) is 37.3 Å². The molecule has 0 unspecified atom stereocenters. The molecule has 4 aliphatic rings. The number of hydrogen-bond acceptors (Lipinski definition) is 2. The second-order valence-corrected chi connectivity index (χ2v) is 9.92. The number of rotatable bonds is 1. The highest BCUT2D eigenvalue weighted by atomic mass is 16.3. The predicted octanol–water partition coefficient (Wildman–Crippen LogP) is 4.37. The minimum absolute atomic E-state index is 0.0599. The zero-order valence-electron chi connectivity index (χ0n) is 15.9. The van der Waals surface area contributed by atoms with Crippen molar-refractivity contribution in [2.45, 2.75) is 71.3 Å². The van der Waals surface area contributed by atoms with Gasteiger partial charge in [0.15, 0.2) is 0 Å². The lowest BCUT2D eigenvalue weighted by molar-refractivity contribution is -0.125. The van der Waals surface area contributed by atoms with E-state index in [-0.39, 0.29) is 16.7 Å². The van der Waals surface area contributed by atoms with Crippen molar-refractivity contribution in [1.82, 2.24) is 0 Å². The Morgan fingerprint density at radius 2 is 1.96 bits per heavy atom. The fourth-order valence-corrected chi connectivity index (χ4v) is 7.40. The van der Waals surface area contributed by atoms with E-state index in [2.05, 4.69) is 31.9 Å². The van der Waals surface area contributed by atoms with Crippen molar-refractivity contribution in [1.29, 1.82) is 0 Å². The zero-order chi connectivity index (χ0) is 18.0. The monoisotopic (exact) mass is 340 g/mol. The molecule has 25 heavy (non-hydrogen) atoms. The summed E-state index contributed by atoms with van der Waals surface area (Å²) in [5, 5.41) is 10.6. The van der Waals surface area contributed by atoms with E-state index in [4.69, 9.17) is 6.42 Å². The van der Waals surface area contributed by atoms with Crippen LogP contribution in [0.5, 0.6) is 0 Å². The maximum atomic E-state index is 12.2. The fourth-order valence-electron chi connectivity index (χ4n) is 7.40. The van der Waals surface area contributed by atoms with E-state index < -0.39 is 5.60 Å². The van der Waals surface area contributed by atoms with Crippen LogP contribution in [-0.4, -0.2) is 16.5 Å². The smallest absolute Gasteiger partial charge is 0.133 e. The standard InChI is InChI=1S/C23H32O2/c1-5-23(25)13-12-21(3)16(14-23)6-7-17-19-9-8-18(15(2)24)22(19,4)11-10-20(17)21/h1,10-11,16-20,25H,6-9,12-14H2,2-4H3/t16-,17+,18-,19+,20+,21+,22-,23-/m1/s1. The Hall–Kier alpha value is -1.07. The van der Waals surface area contributed by atoms with Gasteiger partial charge in [0.25, 0.3) is 0 Å². The zero-order valence-corrected chi connectivity index (χ0v) is 15.9. The van der Waals surface area contributed by atoms with Crippen molar-refractivity contribution in [2.24, 2.45) is 40.4 Å². The van der Waals surface area contributed by atoms with Crippen LogP contribution in [-0.2, 0) is 4.79 Å². The molecule has 1 N–H and O–H groups in total. The Labute approximate surface area is 152 Å². The molecule has 0 aliphatic heterocycles. The van der Waals surface area contributed by atoms with Crippen LogP contribution >= 0.6 is 0 Å². The third-order valence-electron chi connectivity index (χ3n) is 8.92. The normalized spacial score (nSPS) is 54.1. The molecule has 0 spiro atoms. The van der Waals surface area contributed by atoms with Gasteiger partial charge in [-0.2, -0.15) is 0 Å². The Balaban J connectivity index is 1.66. The lowest BCUT2D eigenvalue weighted by Crippen LogP contribution is -2.54. The summed E-state index contributed by atoms with van der Waals surface area (Å²) in [6.07, 6.45) is 17.6. The van der Waals surface area contributed by atoms with Crippen LogP contribution in [0, 0.1) is 52.8 Å². The Bertz CT molecular complexity index is 657. The van der Waals surface area contributed by atoms with Crippen molar-refractivity contribution >= 4 is 5.78 Å². The number of terminal acetylenes is 1. The van der Waals surface area contributed by atoms with Crippen LogP contribution in [0.2, 0.25) is 0 Å². The first-order valence-corrected chi connectivity index (χ1v) is 10.1. The van der Waals surface area contributed by atoms with Gasteiger partial charge in [0.1, 0.15) is 11.4 Å². The fraction of sp³-hybridized carbons (Fsp3) is 0.783. The van der Waals surface area contributed by atoms with Crippen LogP contribution in [0.3, 0.4) is 0 Å². The van der Waals surface area contributed by atoms with E-state index in [0.717, 1.165) is 25.7 Å². The minimum atomic E-state index is -0.892. The molecule has 4 rings (SSSR count). The highest BCUT2D eigenvalue weighted by Crippen LogP contribution is 2.65. The number of hydrogen-bond donors (Lipinski definition) is 1. The van der Waals surface area contributed by atoms with Crippen LogP contribution in [0.1, 0.15) is 65.7 Å². The third-order valence-corrected chi connectivity index (χ3v) is 8.92. The molecule has 2 heteroatoms. The molecule has 0 amide bonds. The average Bonchev–Trinajstić information content (AvgIpc) is 2.93. The van der Waals surface area contributed by atoms with Gasteiger partial charge in [0, 0.05) is 5.92 Å². The van der Waals surface area contributed by atoms with Gasteiger partial charge in [-0.3, -0.25) is 4.79 Å². The molecule has 136 valence electrons. The van der Waals surface area contributed by atoms with E-state index in [1.54, 1.807) is 6.92 Å². The molecule has 0 radical (unpaired) electrons. The molecule has 0 aromatic rings. The summed E-state index contributed by atoms with van der Waals surface area (Å²) in [6.45, 7) is 6.54. The number of carbonyl (C=O) groups excluding carboxylic acids is 1. The van der Waals surface area contributed by atoms with E-state index in [9.17, 15) is 9.90 Å². The number of Topliss-reactive ketones (excluding diaryl/α,β-unsaturated/α-hetero) is 1. The minimum Gasteiger partial charge on any atom is -0.378 e. The number of allylic oxidation sites excluding steroid dienone is 2. The highest BCUT2D eigenvalue weighted by molar-refractivity contribution is 5.80. The van der Waals surface area contributed by atoms with E-state index in [1.807, 2.05) is 0 Å². The van der Waals surface area contributed by atoms with Gasteiger partial charge < -0.3 is 5.11 Å². The SMILES string of the molecule is C#C[C@@]1(O)CC[C@@]2(C)[C@H](CC[C@H]3[C@@H]4CC[C@H](C(C)=O)[C@@]4(C)C=C[C@@H]32)C1. The summed E-state index contributed by atoms with van der Waals surface area (Å²) in [5.41, 5.74) is -0.584. The van der Waals surface area contributed by atoms with Crippen LogP contribution in [0.25, 0.3) is 0 Å². The van der Waals surface area contributed by atoms with Gasteiger partial charge in [-0.05, 0) is 86.4 Å².